The molecule has 0 heterocycles. The maximum absolute atomic E-state index is 3.32. The molecule has 67 heavy (non-hydrogen) atoms. The van der Waals surface area contributed by atoms with Gasteiger partial charge in [0.1, 0.15) is 0 Å². The Morgan fingerprint density at radius 3 is 0.627 bits per heavy atom. The largest absolute Gasteiger partial charge is 0.176 e. The van der Waals surface area contributed by atoms with Crippen molar-refractivity contribution < 1.29 is 0 Å². The Labute approximate surface area is 427 Å². The van der Waals surface area contributed by atoms with E-state index in [9.17, 15) is 0 Å². The molecule has 0 N–H and O–H groups in total. The van der Waals surface area contributed by atoms with E-state index in [-0.39, 0.29) is 0 Å². The molecule has 374 valence electrons. The minimum absolute atomic E-state index is 0.370. The zero-order chi connectivity index (χ0) is 52.7. The minimum atomic E-state index is -3.32. The molecule has 4 rings (SSSR count). The lowest BCUT2D eigenvalue weighted by Gasteiger charge is -2.51. The Morgan fingerprint density at radius 1 is 0.269 bits per heavy atom. The number of aryl methyl sites for hydroxylation is 3. The molecular formula is C57H106Si10. The van der Waals surface area contributed by atoms with Gasteiger partial charge < -0.3 is 0 Å². The van der Waals surface area contributed by atoms with Gasteiger partial charge in [0.2, 0.25) is 0 Å². The Balaban J connectivity index is 3.00. The Hall–Kier alpha value is -0.691. The molecule has 10 heteroatoms. The van der Waals surface area contributed by atoms with Gasteiger partial charge in [-0.2, -0.15) is 0 Å². The van der Waals surface area contributed by atoms with Crippen LogP contribution in [-0.4, -0.2) is 80.7 Å². The lowest BCUT2D eigenvalue weighted by molar-refractivity contribution is 0.851. The molecule has 1 aliphatic carbocycles. The first-order valence-electron chi connectivity index (χ1n) is 26.4. The van der Waals surface area contributed by atoms with Crippen molar-refractivity contribution in [2.45, 2.75) is 225 Å². The average molecular weight is 1070 g/mol. The number of rotatable bonds is 13. The highest BCUT2D eigenvalue weighted by Crippen LogP contribution is 2.42. The van der Waals surface area contributed by atoms with Crippen molar-refractivity contribution in [3.8, 4) is 0 Å². The predicted molar refractivity (Wildman–Crippen MR) is 345 cm³/mol. The molecule has 3 aromatic carbocycles. The fourth-order valence-corrected chi connectivity index (χ4v) is 54.3. The third kappa shape index (κ3) is 10.6. The minimum Gasteiger partial charge on any atom is -0.0656 e. The summed E-state index contributed by atoms with van der Waals surface area (Å²) in [6.07, 6.45) is 0. The van der Waals surface area contributed by atoms with E-state index in [0.717, 1.165) is 0 Å². The lowest BCUT2D eigenvalue weighted by atomic mass is 10.1. The fraction of sp³-hybridized carbons (Fsp3) is 0.614. The molecule has 0 amide bonds. The quantitative estimate of drug-likeness (QED) is 0.118. The van der Waals surface area contributed by atoms with E-state index in [1.807, 2.05) is 51.9 Å². The van der Waals surface area contributed by atoms with Crippen LogP contribution in [0, 0.1) is 26.7 Å². The third-order valence-corrected chi connectivity index (χ3v) is 41.8. The highest BCUT2D eigenvalue weighted by atomic mass is 28.4. The molecule has 0 fully saturated rings. The molecule has 0 saturated carbocycles. The molecule has 1 aliphatic rings. The Morgan fingerprint density at radius 2 is 0.478 bits per heavy atom. The van der Waals surface area contributed by atoms with Crippen LogP contribution in [0.1, 0.15) is 44.4 Å². The van der Waals surface area contributed by atoms with E-state index in [1.54, 1.807) is 49.0 Å². The smallest absolute Gasteiger partial charge is 0.0656 e. The van der Waals surface area contributed by atoms with Crippen molar-refractivity contribution in [1.29, 1.82) is 0 Å². The number of allylic oxidation sites excluding steroid dienone is 4. The molecule has 3 aromatic rings. The Bertz CT molecular complexity index is 2280. The normalized spacial score (nSPS) is 16.8. The van der Waals surface area contributed by atoms with Crippen molar-refractivity contribution in [3.05, 3.63) is 56.8 Å². The highest BCUT2D eigenvalue weighted by Gasteiger charge is 2.58. The molecular weight excluding hydrogens is 965 g/mol. The first kappa shape index (κ1) is 58.9. The summed E-state index contributed by atoms with van der Waals surface area (Å²) in [5.41, 5.74) is 9.72. The van der Waals surface area contributed by atoms with Gasteiger partial charge in [-0.3, -0.25) is 0 Å². The lowest BCUT2D eigenvalue weighted by Crippen LogP contribution is -2.88. The van der Waals surface area contributed by atoms with Crippen molar-refractivity contribution in [2.75, 3.05) is 0 Å². The van der Waals surface area contributed by atoms with Gasteiger partial charge in [-0.15, -0.1) is 0 Å². The van der Waals surface area contributed by atoms with Crippen LogP contribution in [0.5, 0.6) is 0 Å². The molecule has 0 saturated heterocycles. The van der Waals surface area contributed by atoms with Gasteiger partial charge in [-0.25, -0.2) is 0 Å². The summed E-state index contributed by atoms with van der Waals surface area (Å²) in [5, 5.41) is 24.2. The van der Waals surface area contributed by atoms with Gasteiger partial charge in [0.15, 0.2) is 8.07 Å². The molecule has 0 bridgehead atoms. The number of benzene rings is 3. The van der Waals surface area contributed by atoms with Gasteiger partial charge in [0.05, 0.1) is 72.7 Å². The second-order valence-electron chi connectivity index (χ2n) is 31.2. The van der Waals surface area contributed by atoms with Crippen LogP contribution < -0.4 is 62.2 Å². The van der Waals surface area contributed by atoms with Crippen LogP contribution >= 0.6 is 0 Å². The molecule has 0 aromatic heterocycles. The van der Waals surface area contributed by atoms with Gasteiger partial charge >= 0.3 is 0 Å². The average Bonchev–Trinajstić information content (AvgIpc) is 3.26. The summed E-state index contributed by atoms with van der Waals surface area (Å²) in [7, 11) is -20.9. The fourth-order valence-electron chi connectivity index (χ4n) is 13.0. The second-order valence-corrected chi connectivity index (χ2v) is 79.8. The van der Waals surface area contributed by atoms with E-state index in [2.05, 4.69) is 243 Å². The molecule has 0 aliphatic heterocycles. The van der Waals surface area contributed by atoms with Crippen molar-refractivity contribution >= 4 is 143 Å². The Kier molecular flexibility index (Phi) is 15.9. The molecule has 1 unspecified atom stereocenters. The maximum atomic E-state index is 2.89. The van der Waals surface area contributed by atoms with Crippen LogP contribution in [-0.2, 0) is 0 Å². The predicted octanol–water partition coefficient (Wildman–Crippen LogP) is 10.8. The monoisotopic (exact) mass is 1070 g/mol. The summed E-state index contributed by atoms with van der Waals surface area (Å²) < 4.78 is 0. The molecule has 1 atom stereocenters. The van der Waals surface area contributed by atoms with Crippen LogP contribution in [0.3, 0.4) is 0 Å². The van der Waals surface area contributed by atoms with E-state index in [1.165, 1.54) is 0 Å². The first-order valence-corrected chi connectivity index (χ1v) is 59.9. The topological polar surface area (TPSA) is 0 Å². The van der Waals surface area contributed by atoms with E-state index in [0.29, 0.717) is 5.92 Å². The molecule has 0 nitrogen and oxygen atoms in total. The van der Waals surface area contributed by atoms with Gasteiger partial charge in [0.25, 0.3) is 0 Å². The third-order valence-electron chi connectivity index (χ3n) is 15.7. The molecule has 0 radical (unpaired) electrons. The summed E-state index contributed by atoms with van der Waals surface area (Å²) in [6.45, 7) is 91.9. The summed E-state index contributed by atoms with van der Waals surface area (Å²) in [6, 6.07) is 8.67. The zero-order valence-corrected chi connectivity index (χ0v) is 60.8. The van der Waals surface area contributed by atoms with Crippen LogP contribution in [0.25, 0.3) is 0 Å². The zero-order valence-electron chi connectivity index (χ0n) is 50.8. The van der Waals surface area contributed by atoms with E-state index < -0.39 is 80.7 Å². The van der Waals surface area contributed by atoms with Crippen LogP contribution in [0.15, 0.2) is 40.1 Å². The molecule has 0 spiro atoms. The number of hydrogen-bond donors (Lipinski definition) is 0. The van der Waals surface area contributed by atoms with Gasteiger partial charge in [-0.05, 0) is 68.6 Å². The van der Waals surface area contributed by atoms with Gasteiger partial charge in [0, 0.05) is 0 Å². The summed E-state index contributed by atoms with van der Waals surface area (Å²) in [5.74, 6) is 0.370. The van der Waals surface area contributed by atoms with E-state index >= 15 is 0 Å². The van der Waals surface area contributed by atoms with E-state index in [4.69, 9.17) is 0 Å². The first-order chi connectivity index (χ1) is 29.4. The summed E-state index contributed by atoms with van der Waals surface area (Å²) >= 11 is 0. The van der Waals surface area contributed by atoms with Crippen molar-refractivity contribution in [3.63, 3.8) is 0 Å². The number of hydrogen-bond acceptors (Lipinski definition) is 0. The summed E-state index contributed by atoms with van der Waals surface area (Å²) in [4.78, 5) is 0. The van der Waals surface area contributed by atoms with Crippen molar-refractivity contribution in [1.82, 2.24) is 0 Å². The second kappa shape index (κ2) is 18.1. The standard InChI is InChI=1S/C57H106Si10/c1-38-35-45(58(8,9)10)52(61(17,18)19)55(64(26,27)28)48(38)67(51-43(6)41(4)42(5)44(51)7,49-39(2)36-46(59(11,12)13)53(62(20,21)22)56(49)65(29,30)31)50-40(3)37-47(60(14,15)16)54(63(23,24)25)57(50)66(32,33)34/h35-37,43H,1-34H3. The maximum Gasteiger partial charge on any atom is 0.176 e. The van der Waals surface area contributed by atoms with Crippen LogP contribution in [0.2, 0.25) is 177 Å². The SMILES string of the molecule is CC1=C(C)C(C)C([Si](c2c(C)cc([Si](C)(C)C)c([Si](C)(C)C)c2[Si](C)(C)C)(c2c(C)cc([Si](C)(C)C)c([Si](C)(C)C)c2[Si](C)(C)C)c2c(C)cc([Si](C)(C)C)c([Si](C)(C)C)c2[Si](C)(C)C)=C1C. The highest BCUT2D eigenvalue weighted by molar-refractivity contribution is 7.25. The van der Waals surface area contributed by atoms with Gasteiger partial charge in [-0.1, -0.05) is 282 Å². The van der Waals surface area contributed by atoms with Crippen molar-refractivity contribution in [2.24, 2.45) is 5.92 Å². The van der Waals surface area contributed by atoms with Crippen LogP contribution in [0.4, 0.5) is 0 Å².